The van der Waals surface area contributed by atoms with Crippen molar-refractivity contribution in [1.82, 2.24) is 4.90 Å². The van der Waals surface area contributed by atoms with E-state index in [1.54, 1.807) is 4.90 Å². The number of hydrogen-bond donors (Lipinski definition) is 2. The number of carbonyl (C=O) groups excluding carboxylic acids is 1. The van der Waals surface area contributed by atoms with Crippen molar-refractivity contribution in [2.24, 2.45) is 5.73 Å². The first kappa shape index (κ1) is 14.3. The predicted molar refractivity (Wildman–Crippen MR) is 65.6 cm³/mol. The fraction of sp³-hybridized carbons (Fsp3) is 0.917. The van der Waals surface area contributed by atoms with E-state index < -0.39 is 5.60 Å². The first-order valence-electron chi connectivity index (χ1n) is 6.21. The summed E-state index contributed by atoms with van der Waals surface area (Å²) in [6.07, 6.45) is 2.51. The highest BCUT2D eigenvalue weighted by Crippen LogP contribution is 2.21. The first-order valence-corrected chi connectivity index (χ1v) is 6.21. The minimum absolute atomic E-state index is 0.107. The maximum absolute atomic E-state index is 12.0. The van der Waals surface area contributed by atoms with Gasteiger partial charge in [-0.05, 0) is 40.0 Å². The van der Waals surface area contributed by atoms with Crippen molar-refractivity contribution in [3.05, 3.63) is 0 Å². The van der Waals surface area contributed by atoms with Crippen LogP contribution < -0.4 is 5.73 Å². The molecule has 1 saturated heterocycles. The van der Waals surface area contributed by atoms with Gasteiger partial charge in [-0.1, -0.05) is 0 Å². The Bertz CT molecular complexity index is 263. The molecule has 0 spiro atoms. The number of nitrogens with zero attached hydrogens (tertiary/aromatic N) is 1. The number of amides is 1. The van der Waals surface area contributed by atoms with Gasteiger partial charge in [0.1, 0.15) is 5.60 Å². The number of carbonyl (C=O) groups is 1. The Morgan fingerprint density at radius 3 is 2.71 bits per heavy atom. The van der Waals surface area contributed by atoms with Crippen LogP contribution in [0.4, 0.5) is 4.79 Å². The molecule has 0 saturated carbocycles. The third-order valence-corrected chi connectivity index (χ3v) is 2.88. The van der Waals surface area contributed by atoms with Gasteiger partial charge in [0.15, 0.2) is 0 Å². The van der Waals surface area contributed by atoms with E-state index in [9.17, 15) is 4.79 Å². The molecule has 1 unspecified atom stereocenters. The highest BCUT2D eigenvalue weighted by Gasteiger charge is 2.33. The lowest BCUT2D eigenvalue weighted by atomic mass is 9.97. The lowest BCUT2D eigenvalue weighted by Gasteiger charge is -2.39. The molecule has 5 heteroatoms. The smallest absolute Gasteiger partial charge is 0.410 e. The van der Waals surface area contributed by atoms with Crippen LogP contribution in [0.1, 0.15) is 40.0 Å². The number of hydrogen-bond acceptors (Lipinski definition) is 4. The van der Waals surface area contributed by atoms with Crippen LogP contribution in [0.3, 0.4) is 0 Å². The largest absolute Gasteiger partial charge is 0.444 e. The van der Waals surface area contributed by atoms with Gasteiger partial charge >= 0.3 is 6.09 Å². The second kappa shape index (κ2) is 5.69. The Labute approximate surface area is 103 Å². The maximum atomic E-state index is 12.0. The summed E-state index contributed by atoms with van der Waals surface area (Å²) in [7, 11) is 0. The highest BCUT2D eigenvalue weighted by molar-refractivity contribution is 5.68. The van der Waals surface area contributed by atoms with E-state index >= 15 is 0 Å². The molecule has 0 aromatic heterocycles. The van der Waals surface area contributed by atoms with Crippen molar-refractivity contribution in [3.63, 3.8) is 0 Å². The fourth-order valence-corrected chi connectivity index (χ4v) is 2.07. The Hall–Kier alpha value is -0.810. The molecule has 0 aromatic carbocycles. The van der Waals surface area contributed by atoms with Crippen LogP contribution >= 0.6 is 0 Å². The van der Waals surface area contributed by atoms with Crippen LogP contribution in [-0.2, 0) is 4.74 Å². The SMILES string of the molecule is CC(C)(C)OC(=O)N1CCCCC1[C@H](N)CO. The number of aliphatic hydroxyl groups excluding tert-OH is 1. The zero-order valence-corrected chi connectivity index (χ0v) is 11.0. The van der Waals surface area contributed by atoms with Gasteiger partial charge in [0.2, 0.25) is 0 Å². The molecule has 0 aliphatic carbocycles. The number of likely N-dealkylation sites (tertiary alicyclic amines) is 1. The van der Waals surface area contributed by atoms with Gasteiger partial charge in [-0.15, -0.1) is 0 Å². The molecule has 1 heterocycles. The molecule has 2 atom stereocenters. The van der Waals surface area contributed by atoms with Crippen molar-refractivity contribution in [2.45, 2.75) is 57.7 Å². The monoisotopic (exact) mass is 244 g/mol. The molecule has 1 fully saturated rings. The zero-order valence-electron chi connectivity index (χ0n) is 11.0. The van der Waals surface area contributed by atoms with E-state index in [1.807, 2.05) is 20.8 Å². The molecule has 100 valence electrons. The van der Waals surface area contributed by atoms with Gasteiger partial charge in [-0.25, -0.2) is 4.79 Å². The van der Waals surface area contributed by atoms with E-state index in [4.69, 9.17) is 15.6 Å². The van der Waals surface area contributed by atoms with Crippen LogP contribution in [0.5, 0.6) is 0 Å². The quantitative estimate of drug-likeness (QED) is 0.762. The van der Waals surface area contributed by atoms with Crippen LogP contribution in [0.2, 0.25) is 0 Å². The van der Waals surface area contributed by atoms with Crippen molar-refractivity contribution in [2.75, 3.05) is 13.2 Å². The normalized spacial score (nSPS) is 23.4. The van der Waals surface area contributed by atoms with Crippen molar-refractivity contribution >= 4 is 6.09 Å². The van der Waals surface area contributed by atoms with Crippen LogP contribution in [0, 0.1) is 0 Å². The van der Waals surface area contributed by atoms with Crippen molar-refractivity contribution < 1.29 is 14.6 Å². The van der Waals surface area contributed by atoms with Crippen LogP contribution in [-0.4, -0.2) is 46.9 Å². The van der Waals surface area contributed by atoms with Crippen LogP contribution in [0.25, 0.3) is 0 Å². The lowest BCUT2D eigenvalue weighted by Crippen LogP contribution is -2.55. The number of rotatable bonds is 2. The van der Waals surface area contributed by atoms with Crippen molar-refractivity contribution in [1.29, 1.82) is 0 Å². The minimum Gasteiger partial charge on any atom is -0.444 e. The van der Waals surface area contributed by atoms with E-state index in [0.717, 1.165) is 19.3 Å². The molecule has 0 bridgehead atoms. The number of piperidine rings is 1. The van der Waals surface area contributed by atoms with E-state index in [2.05, 4.69) is 0 Å². The van der Waals surface area contributed by atoms with Crippen LogP contribution in [0.15, 0.2) is 0 Å². The Morgan fingerprint density at radius 2 is 2.18 bits per heavy atom. The summed E-state index contributed by atoms with van der Waals surface area (Å²) in [6, 6.07) is -0.494. The third kappa shape index (κ3) is 4.16. The average Bonchev–Trinajstić information content (AvgIpc) is 2.25. The molecule has 1 aliphatic rings. The van der Waals surface area contributed by atoms with E-state index in [-0.39, 0.29) is 24.8 Å². The molecule has 1 aliphatic heterocycles. The second-order valence-corrected chi connectivity index (χ2v) is 5.58. The van der Waals surface area contributed by atoms with Gasteiger partial charge in [0.05, 0.1) is 12.6 Å². The standard InChI is InChI=1S/C12H24N2O3/c1-12(2,3)17-11(16)14-7-5-4-6-10(14)9(13)8-15/h9-10,15H,4-8,13H2,1-3H3/t9-,10?/m1/s1. The fourth-order valence-electron chi connectivity index (χ4n) is 2.07. The molecule has 1 rings (SSSR count). The minimum atomic E-state index is -0.498. The topological polar surface area (TPSA) is 75.8 Å². The summed E-state index contributed by atoms with van der Waals surface area (Å²) in [5.41, 5.74) is 5.34. The summed E-state index contributed by atoms with van der Waals surface area (Å²) >= 11 is 0. The van der Waals surface area contributed by atoms with Gasteiger partial charge in [-0.3, -0.25) is 0 Å². The van der Waals surface area contributed by atoms with Gasteiger partial charge < -0.3 is 20.5 Å². The Balaban J connectivity index is 2.67. The lowest BCUT2D eigenvalue weighted by molar-refractivity contribution is 0.00395. The summed E-state index contributed by atoms with van der Waals surface area (Å²) in [6.45, 7) is 6.08. The zero-order chi connectivity index (χ0) is 13.1. The molecule has 0 aromatic rings. The summed E-state index contributed by atoms with van der Waals surface area (Å²) < 4.78 is 5.35. The van der Waals surface area contributed by atoms with Gasteiger partial charge in [0.25, 0.3) is 0 Å². The molecular formula is C12H24N2O3. The second-order valence-electron chi connectivity index (χ2n) is 5.58. The van der Waals surface area contributed by atoms with Gasteiger partial charge in [0, 0.05) is 12.6 Å². The van der Waals surface area contributed by atoms with E-state index in [1.165, 1.54) is 0 Å². The molecule has 17 heavy (non-hydrogen) atoms. The summed E-state index contributed by atoms with van der Waals surface area (Å²) in [5, 5.41) is 9.12. The highest BCUT2D eigenvalue weighted by atomic mass is 16.6. The summed E-state index contributed by atoms with van der Waals surface area (Å²) in [4.78, 5) is 13.7. The Morgan fingerprint density at radius 1 is 1.53 bits per heavy atom. The summed E-state index contributed by atoms with van der Waals surface area (Å²) in [5.74, 6) is 0. The van der Waals surface area contributed by atoms with E-state index in [0.29, 0.717) is 6.54 Å². The molecule has 5 nitrogen and oxygen atoms in total. The first-order chi connectivity index (χ1) is 7.85. The number of nitrogens with two attached hydrogens (primary N) is 1. The van der Waals surface area contributed by atoms with Gasteiger partial charge in [-0.2, -0.15) is 0 Å². The molecule has 0 radical (unpaired) electrons. The molecule has 1 amide bonds. The molecule has 3 N–H and O–H groups in total. The Kier molecular flexibility index (Phi) is 4.77. The number of ether oxygens (including phenoxy) is 1. The molecular weight excluding hydrogens is 220 g/mol. The third-order valence-electron chi connectivity index (χ3n) is 2.88. The van der Waals surface area contributed by atoms with Crippen molar-refractivity contribution in [3.8, 4) is 0 Å². The average molecular weight is 244 g/mol. The predicted octanol–water partition coefficient (Wildman–Crippen LogP) is 1.10. The maximum Gasteiger partial charge on any atom is 0.410 e. The number of aliphatic hydroxyl groups is 1.